The highest BCUT2D eigenvalue weighted by atomic mass is 32.1. The minimum atomic E-state index is -4.40. The Morgan fingerprint density at radius 3 is 2.50 bits per heavy atom. The summed E-state index contributed by atoms with van der Waals surface area (Å²) in [6.45, 7) is 0.240. The van der Waals surface area contributed by atoms with Gasteiger partial charge in [-0.1, -0.05) is 30.3 Å². The van der Waals surface area contributed by atoms with Gasteiger partial charge in [-0.05, 0) is 12.8 Å². The smallest absolute Gasteiger partial charge is 0.309 e. The Bertz CT molecular complexity index is 588. The lowest BCUT2D eigenvalue weighted by Gasteiger charge is -2.06. The van der Waals surface area contributed by atoms with E-state index in [0.717, 1.165) is 29.7 Å². The standard InChI is InChI=1S/C14H13F3N2S/c15-14(16,17)12-11(8-18-10-6-7-10)20-13(19-12)9-4-2-1-3-5-9/h1-5,10,18H,6-8H2. The fourth-order valence-electron chi connectivity index (χ4n) is 1.92. The number of rotatable bonds is 4. The summed E-state index contributed by atoms with van der Waals surface area (Å²) in [5, 5.41) is 3.54. The van der Waals surface area contributed by atoms with Crippen LogP contribution in [0.1, 0.15) is 23.4 Å². The van der Waals surface area contributed by atoms with Crippen molar-refractivity contribution in [1.82, 2.24) is 10.3 Å². The molecule has 2 nitrogen and oxygen atoms in total. The van der Waals surface area contributed by atoms with E-state index < -0.39 is 11.9 Å². The Morgan fingerprint density at radius 1 is 1.20 bits per heavy atom. The summed E-state index contributed by atoms with van der Waals surface area (Å²) in [5.41, 5.74) is -0.0322. The van der Waals surface area contributed by atoms with Crippen LogP contribution in [0.15, 0.2) is 30.3 Å². The van der Waals surface area contributed by atoms with Crippen LogP contribution >= 0.6 is 11.3 Å². The van der Waals surface area contributed by atoms with E-state index in [0.29, 0.717) is 11.0 Å². The average Bonchev–Trinajstić information content (AvgIpc) is 3.14. The second-order valence-electron chi connectivity index (χ2n) is 4.81. The first kappa shape index (κ1) is 13.6. The van der Waals surface area contributed by atoms with Gasteiger partial charge in [-0.2, -0.15) is 13.2 Å². The van der Waals surface area contributed by atoms with Crippen molar-refractivity contribution in [2.75, 3.05) is 0 Å². The molecule has 6 heteroatoms. The third kappa shape index (κ3) is 3.02. The van der Waals surface area contributed by atoms with Gasteiger partial charge in [-0.25, -0.2) is 4.98 Å². The molecule has 1 fully saturated rings. The Morgan fingerprint density at radius 2 is 1.90 bits per heavy atom. The van der Waals surface area contributed by atoms with E-state index in [1.165, 1.54) is 0 Å². The van der Waals surface area contributed by atoms with E-state index in [-0.39, 0.29) is 11.4 Å². The van der Waals surface area contributed by atoms with Crippen LogP contribution in [0.4, 0.5) is 13.2 Å². The third-order valence-corrected chi connectivity index (χ3v) is 4.22. The van der Waals surface area contributed by atoms with Crippen molar-refractivity contribution in [3.8, 4) is 10.6 Å². The lowest BCUT2D eigenvalue weighted by Crippen LogP contribution is -2.18. The summed E-state index contributed by atoms with van der Waals surface area (Å²) in [6, 6.07) is 9.35. The molecule has 3 rings (SSSR count). The predicted molar refractivity (Wildman–Crippen MR) is 72.4 cm³/mol. The molecular formula is C14H13F3N2S. The second-order valence-corrected chi connectivity index (χ2v) is 5.89. The van der Waals surface area contributed by atoms with Gasteiger partial charge in [0.2, 0.25) is 0 Å². The summed E-state index contributed by atoms with van der Waals surface area (Å²) in [4.78, 5) is 4.07. The fourth-order valence-corrected chi connectivity index (χ4v) is 2.96. The van der Waals surface area contributed by atoms with Crippen molar-refractivity contribution in [3.63, 3.8) is 0 Å². The van der Waals surface area contributed by atoms with Crippen LogP contribution < -0.4 is 5.32 Å². The highest BCUT2D eigenvalue weighted by Crippen LogP contribution is 2.38. The average molecular weight is 298 g/mol. The molecule has 0 radical (unpaired) electrons. The molecule has 1 aromatic carbocycles. The van der Waals surface area contributed by atoms with Crippen molar-refractivity contribution < 1.29 is 13.2 Å². The Labute approximate surface area is 118 Å². The van der Waals surface area contributed by atoms with E-state index in [1.54, 1.807) is 24.3 Å². The predicted octanol–water partition coefficient (Wildman–Crippen LogP) is 4.08. The first-order valence-corrected chi connectivity index (χ1v) is 7.21. The largest absolute Gasteiger partial charge is 0.434 e. The number of halogens is 3. The quantitative estimate of drug-likeness (QED) is 0.920. The van der Waals surface area contributed by atoms with Crippen LogP contribution in [-0.4, -0.2) is 11.0 Å². The van der Waals surface area contributed by atoms with Gasteiger partial charge < -0.3 is 5.32 Å². The number of hydrogen-bond acceptors (Lipinski definition) is 3. The number of nitrogens with zero attached hydrogens (tertiary/aromatic N) is 1. The highest BCUT2D eigenvalue weighted by molar-refractivity contribution is 7.15. The van der Waals surface area contributed by atoms with Crippen LogP contribution in [0.2, 0.25) is 0 Å². The lowest BCUT2D eigenvalue weighted by atomic mass is 10.2. The maximum atomic E-state index is 13.0. The van der Waals surface area contributed by atoms with Gasteiger partial charge in [-0.15, -0.1) is 11.3 Å². The highest BCUT2D eigenvalue weighted by Gasteiger charge is 2.37. The molecule has 0 spiro atoms. The molecule has 1 aliphatic rings. The van der Waals surface area contributed by atoms with E-state index in [4.69, 9.17) is 0 Å². The van der Waals surface area contributed by atoms with Crippen LogP contribution in [0.3, 0.4) is 0 Å². The minimum Gasteiger partial charge on any atom is -0.309 e. The molecule has 106 valence electrons. The molecule has 1 aliphatic carbocycles. The van der Waals surface area contributed by atoms with Gasteiger partial charge in [0.05, 0.1) is 4.88 Å². The van der Waals surface area contributed by atoms with E-state index in [1.807, 2.05) is 6.07 Å². The monoisotopic (exact) mass is 298 g/mol. The molecule has 0 aliphatic heterocycles. The molecule has 1 aromatic heterocycles. The van der Waals surface area contributed by atoms with E-state index >= 15 is 0 Å². The normalized spacial score (nSPS) is 15.6. The van der Waals surface area contributed by atoms with Gasteiger partial charge in [0.1, 0.15) is 5.01 Å². The summed E-state index contributed by atoms with van der Waals surface area (Å²) in [6.07, 6.45) is -2.30. The summed E-state index contributed by atoms with van der Waals surface area (Å²) in [5.74, 6) is 0. The molecule has 1 heterocycles. The SMILES string of the molecule is FC(F)(F)c1nc(-c2ccccc2)sc1CNC1CC1. The van der Waals surface area contributed by atoms with Gasteiger partial charge in [0.15, 0.2) is 5.69 Å². The zero-order chi connectivity index (χ0) is 14.2. The van der Waals surface area contributed by atoms with Gasteiger partial charge in [-0.3, -0.25) is 0 Å². The number of thiazole rings is 1. The first-order chi connectivity index (χ1) is 9.54. The molecular weight excluding hydrogens is 285 g/mol. The molecule has 0 bridgehead atoms. The minimum absolute atomic E-state index is 0.240. The van der Waals surface area contributed by atoms with Gasteiger partial charge >= 0.3 is 6.18 Å². The van der Waals surface area contributed by atoms with E-state index in [2.05, 4.69) is 10.3 Å². The van der Waals surface area contributed by atoms with Crippen molar-refractivity contribution >= 4 is 11.3 Å². The first-order valence-electron chi connectivity index (χ1n) is 6.40. The Balaban J connectivity index is 1.92. The molecule has 1 saturated carbocycles. The summed E-state index contributed by atoms with van der Waals surface area (Å²) < 4.78 is 39.1. The number of hydrogen-bond donors (Lipinski definition) is 1. The van der Waals surface area contributed by atoms with Crippen LogP contribution in [0.5, 0.6) is 0 Å². The fraction of sp³-hybridized carbons (Fsp3) is 0.357. The van der Waals surface area contributed by atoms with Crippen LogP contribution in [0, 0.1) is 0 Å². The maximum absolute atomic E-state index is 13.0. The van der Waals surface area contributed by atoms with Crippen molar-refractivity contribution in [2.24, 2.45) is 0 Å². The Hall–Kier alpha value is -1.40. The van der Waals surface area contributed by atoms with Crippen LogP contribution in [0.25, 0.3) is 10.6 Å². The van der Waals surface area contributed by atoms with Crippen molar-refractivity contribution in [2.45, 2.75) is 31.6 Å². The van der Waals surface area contributed by atoms with Gasteiger partial charge in [0.25, 0.3) is 0 Å². The molecule has 0 saturated heterocycles. The number of alkyl halides is 3. The number of nitrogens with one attached hydrogen (secondary N) is 1. The van der Waals surface area contributed by atoms with Crippen LogP contribution in [-0.2, 0) is 12.7 Å². The van der Waals surface area contributed by atoms with Crippen molar-refractivity contribution in [3.05, 3.63) is 40.9 Å². The topological polar surface area (TPSA) is 24.9 Å². The number of benzene rings is 1. The third-order valence-electron chi connectivity index (χ3n) is 3.12. The van der Waals surface area contributed by atoms with Gasteiger partial charge in [0, 0.05) is 18.2 Å². The zero-order valence-electron chi connectivity index (χ0n) is 10.6. The van der Waals surface area contributed by atoms with Crippen molar-refractivity contribution in [1.29, 1.82) is 0 Å². The molecule has 0 unspecified atom stereocenters. The number of aromatic nitrogens is 1. The molecule has 0 amide bonds. The summed E-state index contributed by atoms with van der Waals surface area (Å²) >= 11 is 1.12. The summed E-state index contributed by atoms with van der Waals surface area (Å²) in [7, 11) is 0. The molecule has 0 atom stereocenters. The second kappa shape index (κ2) is 5.18. The maximum Gasteiger partial charge on any atom is 0.434 e. The zero-order valence-corrected chi connectivity index (χ0v) is 11.4. The Kier molecular flexibility index (Phi) is 3.52. The molecule has 20 heavy (non-hydrogen) atoms. The van der Waals surface area contributed by atoms with E-state index in [9.17, 15) is 13.2 Å². The molecule has 1 N–H and O–H groups in total. The lowest BCUT2D eigenvalue weighted by molar-refractivity contribution is -0.141. The molecule has 2 aromatic rings.